The Morgan fingerprint density at radius 2 is 1.52 bits per heavy atom. The minimum Gasteiger partial charge on any atom is -0.494 e. The number of ether oxygens (including phenoxy) is 2. The molecule has 5 nitrogen and oxygen atoms in total. The third kappa shape index (κ3) is 6.38. The van der Waals surface area contributed by atoms with Crippen LogP contribution in [0, 0.1) is 0 Å². The average molecular weight is 346 g/mol. The Kier molecular flexibility index (Phi) is 8.25. The van der Waals surface area contributed by atoms with Gasteiger partial charge in [-0.25, -0.2) is 0 Å². The second-order valence-electron chi connectivity index (χ2n) is 5.82. The minimum absolute atomic E-state index is 0.103. The first-order chi connectivity index (χ1) is 12.3. The van der Waals surface area contributed by atoms with Gasteiger partial charge in [-0.2, -0.15) is 0 Å². The molecule has 2 aromatic carbocycles. The summed E-state index contributed by atoms with van der Waals surface area (Å²) in [5.41, 5.74) is 2.36. The molecule has 0 atom stereocenters. The lowest BCUT2D eigenvalue weighted by molar-refractivity contribution is 0.257. The van der Waals surface area contributed by atoms with Crippen LogP contribution in [0.2, 0.25) is 0 Å². The predicted molar refractivity (Wildman–Crippen MR) is 95.5 cm³/mol. The van der Waals surface area contributed by atoms with E-state index >= 15 is 0 Å². The van der Waals surface area contributed by atoms with Crippen LogP contribution in [-0.2, 0) is 19.8 Å². The molecule has 0 aromatic heterocycles. The lowest BCUT2D eigenvalue weighted by Gasteiger charge is -2.11. The molecular formula is C20H26O5. The van der Waals surface area contributed by atoms with Gasteiger partial charge in [-0.3, -0.25) is 0 Å². The van der Waals surface area contributed by atoms with Gasteiger partial charge in [-0.15, -0.1) is 0 Å². The number of benzene rings is 2. The third-order valence-electron chi connectivity index (χ3n) is 3.89. The van der Waals surface area contributed by atoms with Gasteiger partial charge >= 0.3 is 0 Å². The van der Waals surface area contributed by atoms with E-state index < -0.39 is 0 Å². The van der Waals surface area contributed by atoms with Crippen LogP contribution in [0.25, 0.3) is 0 Å². The lowest BCUT2D eigenvalue weighted by atomic mass is 10.1. The van der Waals surface area contributed by atoms with Crippen molar-refractivity contribution >= 4 is 0 Å². The number of unbranched alkanes of at least 4 members (excludes halogenated alkanes) is 2. The molecule has 0 radical (unpaired) electrons. The van der Waals surface area contributed by atoms with E-state index in [2.05, 4.69) is 0 Å². The Balaban J connectivity index is 1.87. The van der Waals surface area contributed by atoms with Gasteiger partial charge < -0.3 is 24.8 Å². The molecule has 0 amide bonds. The van der Waals surface area contributed by atoms with E-state index in [1.165, 1.54) is 0 Å². The Morgan fingerprint density at radius 1 is 0.720 bits per heavy atom. The topological polar surface area (TPSA) is 79.2 Å². The number of rotatable bonds is 11. The zero-order valence-electron chi connectivity index (χ0n) is 14.4. The van der Waals surface area contributed by atoms with Crippen molar-refractivity contribution < 1.29 is 24.8 Å². The Morgan fingerprint density at radius 3 is 2.28 bits per heavy atom. The van der Waals surface area contributed by atoms with E-state index in [1.807, 2.05) is 24.3 Å². The van der Waals surface area contributed by atoms with Gasteiger partial charge in [0.2, 0.25) is 0 Å². The standard InChI is InChI=1S/C20H26O5/c21-9-2-1-3-10-24-19-6-4-5-16(11-19)15-25-20-8-7-17(13-22)18(12-20)14-23/h4-8,11-12,21-23H,1-3,9-10,13-15H2. The van der Waals surface area contributed by atoms with Crippen LogP contribution in [0.4, 0.5) is 0 Å². The van der Waals surface area contributed by atoms with Crippen LogP contribution < -0.4 is 9.47 Å². The highest BCUT2D eigenvalue weighted by Crippen LogP contribution is 2.21. The summed E-state index contributed by atoms with van der Waals surface area (Å²) in [5.74, 6) is 1.45. The molecule has 0 aliphatic rings. The van der Waals surface area contributed by atoms with E-state index in [0.717, 1.165) is 30.6 Å². The molecule has 5 heteroatoms. The molecule has 0 heterocycles. The summed E-state index contributed by atoms with van der Waals surface area (Å²) in [6.45, 7) is 1.02. The maximum atomic E-state index is 9.33. The van der Waals surface area contributed by atoms with Gasteiger partial charge in [0.05, 0.1) is 19.8 Å². The molecule has 136 valence electrons. The number of aliphatic hydroxyl groups excluding tert-OH is 3. The van der Waals surface area contributed by atoms with E-state index in [9.17, 15) is 10.2 Å². The van der Waals surface area contributed by atoms with Crippen molar-refractivity contribution in [1.82, 2.24) is 0 Å². The Bertz CT molecular complexity index is 642. The quantitative estimate of drug-likeness (QED) is 0.545. The third-order valence-corrected chi connectivity index (χ3v) is 3.89. The van der Waals surface area contributed by atoms with Crippen molar-refractivity contribution in [2.24, 2.45) is 0 Å². The minimum atomic E-state index is -0.132. The van der Waals surface area contributed by atoms with Gasteiger partial charge in [-0.1, -0.05) is 18.2 Å². The normalized spacial score (nSPS) is 10.7. The zero-order chi connectivity index (χ0) is 17.9. The van der Waals surface area contributed by atoms with E-state index in [4.69, 9.17) is 14.6 Å². The second-order valence-corrected chi connectivity index (χ2v) is 5.82. The van der Waals surface area contributed by atoms with Gasteiger partial charge in [0.1, 0.15) is 18.1 Å². The molecule has 0 bridgehead atoms. The molecule has 2 aromatic rings. The monoisotopic (exact) mass is 346 g/mol. The largest absolute Gasteiger partial charge is 0.494 e. The Hall–Kier alpha value is -2.08. The SMILES string of the molecule is OCCCCCOc1cccc(COc2ccc(CO)c(CO)c2)c1. The molecule has 0 unspecified atom stereocenters. The average Bonchev–Trinajstić information content (AvgIpc) is 2.66. The maximum absolute atomic E-state index is 9.33. The molecule has 0 aliphatic carbocycles. The van der Waals surface area contributed by atoms with Crippen LogP contribution >= 0.6 is 0 Å². The highest BCUT2D eigenvalue weighted by atomic mass is 16.5. The fourth-order valence-electron chi connectivity index (χ4n) is 2.47. The first kappa shape index (κ1) is 19.2. The number of aliphatic hydroxyl groups is 3. The van der Waals surface area contributed by atoms with Crippen molar-refractivity contribution in [3.63, 3.8) is 0 Å². The molecule has 2 rings (SSSR count). The Labute approximate surface area is 148 Å². The molecule has 3 N–H and O–H groups in total. The van der Waals surface area contributed by atoms with Crippen LogP contribution in [0.1, 0.15) is 36.0 Å². The second kappa shape index (κ2) is 10.7. The van der Waals surface area contributed by atoms with Crippen LogP contribution in [0.15, 0.2) is 42.5 Å². The molecule has 0 spiro atoms. The van der Waals surface area contributed by atoms with E-state index in [1.54, 1.807) is 18.2 Å². The summed E-state index contributed by atoms with van der Waals surface area (Å²) in [5, 5.41) is 27.3. The molecule has 0 aliphatic heterocycles. The van der Waals surface area contributed by atoms with Crippen molar-refractivity contribution in [2.45, 2.75) is 39.1 Å². The summed E-state index contributed by atoms with van der Waals surface area (Å²) in [7, 11) is 0. The fraction of sp³-hybridized carbons (Fsp3) is 0.400. The highest BCUT2D eigenvalue weighted by Gasteiger charge is 2.04. The summed E-state index contributed by atoms with van der Waals surface area (Å²) in [4.78, 5) is 0. The van der Waals surface area contributed by atoms with Crippen molar-refractivity contribution in [3.8, 4) is 11.5 Å². The smallest absolute Gasteiger partial charge is 0.120 e. The summed E-state index contributed by atoms with van der Waals surface area (Å²) < 4.78 is 11.5. The molecule has 25 heavy (non-hydrogen) atoms. The summed E-state index contributed by atoms with van der Waals surface area (Å²) >= 11 is 0. The molecule has 0 saturated carbocycles. The zero-order valence-corrected chi connectivity index (χ0v) is 14.4. The van der Waals surface area contributed by atoms with Gasteiger partial charge in [0.15, 0.2) is 0 Å². The highest BCUT2D eigenvalue weighted by molar-refractivity contribution is 5.35. The van der Waals surface area contributed by atoms with Crippen LogP contribution in [-0.4, -0.2) is 28.5 Å². The van der Waals surface area contributed by atoms with Gasteiger partial charge in [0.25, 0.3) is 0 Å². The van der Waals surface area contributed by atoms with Gasteiger partial charge in [0, 0.05) is 6.61 Å². The van der Waals surface area contributed by atoms with E-state index in [-0.39, 0.29) is 19.8 Å². The first-order valence-corrected chi connectivity index (χ1v) is 8.55. The maximum Gasteiger partial charge on any atom is 0.120 e. The van der Waals surface area contributed by atoms with E-state index in [0.29, 0.717) is 30.1 Å². The lowest BCUT2D eigenvalue weighted by Crippen LogP contribution is -2.01. The van der Waals surface area contributed by atoms with Gasteiger partial charge in [-0.05, 0) is 60.2 Å². The molecule has 0 saturated heterocycles. The van der Waals surface area contributed by atoms with Crippen molar-refractivity contribution in [2.75, 3.05) is 13.2 Å². The number of hydrogen-bond acceptors (Lipinski definition) is 5. The fourth-order valence-corrected chi connectivity index (χ4v) is 2.47. The summed E-state index contributed by atoms with van der Waals surface area (Å²) in [6, 6.07) is 13.0. The number of hydrogen-bond donors (Lipinski definition) is 3. The first-order valence-electron chi connectivity index (χ1n) is 8.55. The molecular weight excluding hydrogens is 320 g/mol. The summed E-state index contributed by atoms with van der Waals surface area (Å²) in [6.07, 6.45) is 2.68. The van der Waals surface area contributed by atoms with Crippen LogP contribution in [0.3, 0.4) is 0 Å². The predicted octanol–water partition coefficient (Wildman–Crippen LogP) is 2.79. The van der Waals surface area contributed by atoms with Crippen LogP contribution in [0.5, 0.6) is 11.5 Å². The van der Waals surface area contributed by atoms with Crippen molar-refractivity contribution in [1.29, 1.82) is 0 Å². The van der Waals surface area contributed by atoms with Crippen molar-refractivity contribution in [3.05, 3.63) is 59.2 Å². The molecule has 0 fully saturated rings.